The van der Waals surface area contributed by atoms with Gasteiger partial charge in [-0.2, -0.15) is 0 Å². The summed E-state index contributed by atoms with van der Waals surface area (Å²) in [6.45, 7) is 7.44. The van der Waals surface area contributed by atoms with Crippen molar-refractivity contribution >= 4 is 11.8 Å². The third-order valence-corrected chi connectivity index (χ3v) is 3.47. The van der Waals surface area contributed by atoms with Crippen LogP contribution in [0.5, 0.6) is 0 Å². The van der Waals surface area contributed by atoms with Gasteiger partial charge in [0.15, 0.2) is 0 Å². The Labute approximate surface area is 97.5 Å². The molecule has 0 amide bonds. The first-order chi connectivity index (χ1) is 7.40. The zero-order valence-electron chi connectivity index (χ0n) is 10.7. The van der Waals surface area contributed by atoms with Gasteiger partial charge in [-0.1, -0.05) is 26.2 Å². The molecule has 0 saturated carbocycles. The van der Waals surface area contributed by atoms with Crippen molar-refractivity contribution in [2.75, 3.05) is 0 Å². The Balaban J connectivity index is 2.74. The van der Waals surface area contributed by atoms with Gasteiger partial charge in [0, 0.05) is 5.92 Å². The molecule has 16 heavy (non-hydrogen) atoms. The number of ether oxygens (including phenoxy) is 1. The normalized spacial score (nSPS) is 27.9. The summed E-state index contributed by atoms with van der Waals surface area (Å²) in [4.78, 5) is 23.1. The molecule has 3 heteroatoms. The van der Waals surface area contributed by atoms with Gasteiger partial charge in [0.2, 0.25) is 0 Å². The first-order valence-electron chi connectivity index (χ1n) is 6.13. The van der Waals surface area contributed by atoms with E-state index >= 15 is 0 Å². The molecule has 0 aromatic rings. The van der Waals surface area contributed by atoms with Crippen molar-refractivity contribution < 1.29 is 14.3 Å². The lowest BCUT2D eigenvalue weighted by molar-refractivity contribution is -0.150. The van der Waals surface area contributed by atoms with Crippen molar-refractivity contribution in [1.82, 2.24) is 0 Å². The van der Waals surface area contributed by atoms with Gasteiger partial charge in [-0.25, -0.2) is 0 Å². The topological polar surface area (TPSA) is 43.4 Å². The van der Waals surface area contributed by atoms with Crippen LogP contribution in [0.1, 0.15) is 53.4 Å². The minimum atomic E-state index is -0.535. The van der Waals surface area contributed by atoms with Gasteiger partial charge >= 0.3 is 5.97 Å². The molecule has 0 aliphatic carbocycles. The van der Waals surface area contributed by atoms with Gasteiger partial charge in [-0.15, -0.1) is 0 Å². The number of hydrogen-bond acceptors (Lipinski definition) is 3. The molecule has 1 fully saturated rings. The van der Waals surface area contributed by atoms with E-state index in [0.717, 1.165) is 25.7 Å². The SMILES string of the molecule is CCCCC[C@H]1[C@H](C(C)=O)C(=O)OC1(C)C. The maximum Gasteiger partial charge on any atom is 0.317 e. The average Bonchev–Trinajstić information content (AvgIpc) is 2.36. The molecule has 1 aliphatic heterocycles. The van der Waals surface area contributed by atoms with Crippen LogP contribution in [0.4, 0.5) is 0 Å². The van der Waals surface area contributed by atoms with Gasteiger partial charge in [0.05, 0.1) is 0 Å². The first kappa shape index (κ1) is 13.2. The largest absolute Gasteiger partial charge is 0.459 e. The van der Waals surface area contributed by atoms with E-state index in [2.05, 4.69) is 6.92 Å². The third-order valence-electron chi connectivity index (χ3n) is 3.47. The monoisotopic (exact) mass is 226 g/mol. The summed E-state index contributed by atoms with van der Waals surface area (Å²) in [6.07, 6.45) is 4.25. The molecule has 1 aliphatic rings. The van der Waals surface area contributed by atoms with E-state index in [1.54, 1.807) is 0 Å². The van der Waals surface area contributed by atoms with E-state index < -0.39 is 11.5 Å². The van der Waals surface area contributed by atoms with Crippen LogP contribution in [-0.2, 0) is 14.3 Å². The van der Waals surface area contributed by atoms with Crippen molar-refractivity contribution in [3.63, 3.8) is 0 Å². The molecule has 0 radical (unpaired) electrons. The number of esters is 1. The van der Waals surface area contributed by atoms with Crippen molar-refractivity contribution in [2.45, 2.75) is 59.0 Å². The second-order valence-electron chi connectivity index (χ2n) is 5.22. The van der Waals surface area contributed by atoms with Gasteiger partial charge < -0.3 is 4.74 Å². The Morgan fingerprint density at radius 2 is 2.00 bits per heavy atom. The molecule has 2 atom stereocenters. The molecule has 1 heterocycles. The Morgan fingerprint density at radius 3 is 2.50 bits per heavy atom. The van der Waals surface area contributed by atoms with Crippen LogP contribution < -0.4 is 0 Å². The summed E-state index contributed by atoms with van der Waals surface area (Å²) in [5, 5.41) is 0. The fourth-order valence-electron chi connectivity index (χ4n) is 2.54. The molecule has 0 aromatic heterocycles. The highest BCUT2D eigenvalue weighted by Gasteiger charge is 2.51. The van der Waals surface area contributed by atoms with Crippen LogP contribution in [0.15, 0.2) is 0 Å². The van der Waals surface area contributed by atoms with Crippen molar-refractivity contribution in [1.29, 1.82) is 0 Å². The summed E-state index contributed by atoms with van der Waals surface area (Å²) in [5.41, 5.74) is -0.485. The lowest BCUT2D eigenvalue weighted by Crippen LogP contribution is -2.32. The molecule has 92 valence electrons. The Bertz CT molecular complexity index is 281. The van der Waals surface area contributed by atoms with E-state index in [4.69, 9.17) is 4.74 Å². The number of ketones is 1. The van der Waals surface area contributed by atoms with Crippen LogP contribution in [0.2, 0.25) is 0 Å². The van der Waals surface area contributed by atoms with E-state index in [-0.39, 0.29) is 17.7 Å². The van der Waals surface area contributed by atoms with Gasteiger partial charge in [0.1, 0.15) is 17.3 Å². The van der Waals surface area contributed by atoms with Crippen LogP contribution in [0, 0.1) is 11.8 Å². The van der Waals surface area contributed by atoms with E-state index in [0.29, 0.717) is 0 Å². The second kappa shape index (κ2) is 4.98. The predicted octanol–water partition coefficient (Wildman–Crippen LogP) is 2.72. The highest BCUT2D eigenvalue weighted by molar-refractivity contribution is 5.99. The Hall–Kier alpha value is -0.860. The van der Waals surface area contributed by atoms with Crippen molar-refractivity contribution in [3.8, 4) is 0 Å². The van der Waals surface area contributed by atoms with Crippen LogP contribution >= 0.6 is 0 Å². The Morgan fingerprint density at radius 1 is 1.38 bits per heavy atom. The summed E-state index contributed by atoms with van der Waals surface area (Å²) < 4.78 is 5.31. The summed E-state index contributed by atoms with van der Waals surface area (Å²) in [6, 6.07) is 0. The molecule has 1 rings (SSSR count). The summed E-state index contributed by atoms with van der Waals surface area (Å²) >= 11 is 0. The standard InChI is InChI=1S/C13H22O3/c1-5-6-7-8-10-11(9(2)14)12(15)16-13(10,3)4/h10-11H,5-8H2,1-4H3/t10-,11-/m0/s1. The molecule has 0 unspecified atom stereocenters. The predicted molar refractivity (Wildman–Crippen MR) is 62.0 cm³/mol. The zero-order valence-corrected chi connectivity index (χ0v) is 10.7. The smallest absolute Gasteiger partial charge is 0.317 e. The molecule has 0 bridgehead atoms. The van der Waals surface area contributed by atoms with Gasteiger partial charge in [-0.3, -0.25) is 9.59 Å². The summed E-state index contributed by atoms with van der Waals surface area (Å²) in [7, 11) is 0. The van der Waals surface area contributed by atoms with Crippen molar-refractivity contribution in [3.05, 3.63) is 0 Å². The highest BCUT2D eigenvalue weighted by Crippen LogP contribution is 2.40. The van der Waals surface area contributed by atoms with E-state index in [9.17, 15) is 9.59 Å². The molecule has 0 spiro atoms. The second-order valence-corrected chi connectivity index (χ2v) is 5.22. The fraction of sp³-hybridized carbons (Fsp3) is 0.846. The minimum absolute atomic E-state index is 0.0454. The van der Waals surface area contributed by atoms with Crippen molar-refractivity contribution in [2.24, 2.45) is 11.8 Å². The number of carbonyl (C=O) groups excluding carboxylic acids is 2. The first-order valence-corrected chi connectivity index (χ1v) is 6.13. The molecule has 0 aromatic carbocycles. The number of rotatable bonds is 5. The highest BCUT2D eigenvalue weighted by atomic mass is 16.6. The fourth-order valence-corrected chi connectivity index (χ4v) is 2.54. The Kier molecular flexibility index (Phi) is 4.11. The maximum atomic E-state index is 11.6. The number of hydrogen-bond donors (Lipinski definition) is 0. The number of carbonyl (C=O) groups is 2. The van der Waals surface area contributed by atoms with E-state index in [1.807, 2.05) is 13.8 Å². The number of cyclic esters (lactones) is 1. The molecule has 1 saturated heterocycles. The molecular formula is C13H22O3. The van der Waals surface area contributed by atoms with Crippen LogP contribution in [-0.4, -0.2) is 17.4 Å². The minimum Gasteiger partial charge on any atom is -0.459 e. The molecular weight excluding hydrogens is 204 g/mol. The number of unbranched alkanes of at least 4 members (excludes halogenated alkanes) is 2. The van der Waals surface area contributed by atoms with Crippen LogP contribution in [0.25, 0.3) is 0 Å². The van der Waals surface area contributed by atoms with Gasteiger partial charge in [0.25, 0.3) is 0 Å². The quantitative estimate of drug-likeness (QED) is 0.411. The molecule has 3 nitrogen and oxygen atoms in total. The summed E-state index contributed by atoms with van der Waals surface area (Å²) in [5.74, 6) is -0.882. The zero-order chi connectivity index (χ0) is 12.3. The molecule has 0 N–H and O–H groups in total. The van der Waals surface area contributed by atoms with Crippen LogP contribution in [0.3, 0.4) is 0 Å². The maximum absolute atomic E-state index is 11.6. The third kappa shape index (κ3) is 2.63. The van der Waals surface area contributed by atoms with E-state index in [1.165, 1.54) is 6.92 Å². The average molecular weight is 226 g/mol. The van der Waals surface area contributed by atoms with Gasteiger partial charge in [-0.05, 0) is 27.2 Å². The lowest BCUT2D eigenvalue weighted by atomic mass is 9.78. The lowest BCUT2D eigenvalue weighted by Gasteiger charge is -2.26. The number of Topliss-reactive ketones (excluding diaryl/α,β-unsaturated/α-hetero) is 1.